The van der Waals surface area contributed by atoms with Crippen molar-refractivity contribution in [2.75, 3.05) is 5.32 Å². The molecule has 1 aliphatic carbocycles. The highest BCUT2D eigenvalue weighted by Crippen LogP contribution is 2.40. The summed E-state index contributed by atoms with van der Waals surface area (Å²) in [5.41, 5.74) is 2.48. The molecule has 1 aromatic carbocycles. The van der Waals surface area contributed by atoms with Gasteiger partial charge in [0.2, 0.25) is 0 Å². The molecule has 2 aromatic heterocycles. The molecule has 1 aliphatic rings. The molecular formula is C24H25F3N4. The summed E-state index contributed by atoms with van der Waals surface area (Å²) in [5, 5.41) is 3.16. The van der Waals surface area contributed by atoms with Gasteiger partial charge in [-0.05, 0) is 60.9 Å². The molecule has 162 valence electrons. The minimum absolute atomic E-state index is 0.118. The van der Waals surface area contributed by atoms with Gasteiger partial charge in [0.05, 0.1) is 5.56 Å². The van der Waals surface area contributed by atoms with Crippen molar-refractivity contribution in [3.05, 3.63) is 65.6 Å². The third-order valence-electron chi connectivity index (χ3n) is 5.87. The van der Waals surface area contributed by atoms with Gasteiger partial charge in [-0.15, -0.1) is 0 Å². The Kier molecular flexibility index (Phi) is 5.45. The van der Waals surface area contributed by atoms with Gasteiger partial charge in [0.1, 0.15) is 5.82 Å². The maximum absolute atomic E-state index is 13.2. The van der Waals surface area contributed by atoms with E-state index in [0.29, 0.717) is 23.2 Å². The highest BCUT2D eigenvalue weighted by molar-refractivity contribution is 5.65. The van der Waals surface area contributed by atoms with Crippen molar-refractivity contribution in [2.24, 2.45) is 11.3 Å². The van der Waals surface area contributed by atoms with Crippen LogP contribution in [0, 0.1) is 11.3 Å². The predicted octanol–water partition coefficient (Wildman–Crippen LogP) is 6.45. The predicted molar refractivity (Wildman–Crippen MR) is 115 cm³/mol. The van der Waals surface area contributed by atoms with E-state index in [1.807, 2.05) is 12.1 Å². The number of nitrogens with zero attached hydrogens (tertiary/aromatic N) is 3. The normalized spacial score (nSPS) is 16.6. The summed E-state index contributed by atoms with van der Waals surface area (Å²) in [6.45, 7) is 6.65. The standard InChI is InChI=1S/C24H25F3N4/c1-23(2,3)16-9-10-20-19(13-16)22(31-21(30-20)15-6-5-11-28-14-15)29-18-8-4-7-17(12-18)24(25,26)27/h4-8,11-12,14,16H,9-10,13H2,1-3H3,(H,29,30,31)/t16-/m1/s1. The highest BCUT2D eigenvalue weighted by Gasteiger charge is 2.33. The maximum atomic E-state index is 13.2. The van der Waals surface area contributed by atoms with E-state index in [2.05, 4.69) is 31.1 Å². The smallest absolute Gasteiger partial charge is 0.340 e. The molecule has 4 rings (SSSR count). The summed E-state index contributed by atoms with van der Waals surface area (Å²) < 4.78 is 39.6. The van der Waals surface area contributed by atoms with Crippen LogP contribution in [-0.2, 0) is 19.0 Å². The lowest BCUT2D eigenvalue weighted by Gasteiger charge is -2.35. The van der Waals surface area contributed by atoms with Gasteiger partial charge in [-0.3, -0.25) is 4.98 Å². The minimum Gasteiger partial charge on any atom is -0.340 e. The SMILES string of the molecule is CC(C)(C)[C@@H]1CCc2nc(-c3cccnc3)nc(Nc3cccc(C(F)(F)F)c3)c2C1. The van der Waals surface area contributed by atoms with Crippen molar-refractivity contribution in [2.45, 2.75) is 46.2 Å². The first-order valence-corrected chi connectivity index (χ1v) is 10.4. The summed E-state index contributed by atoms with van der Waals surface area (Å²) in [5.74, 6) is 1.53. The molecule has 0 saturated heterocycles. The lowest BCUT2D eigenvalue weighted by molar-refractivity contribution is -0.137. The molecule has 3 aromatic rings. The first kappa shape index (κ1) is 21.3. The summed E-state index contributed by atoms with van der Waals surface area (Å²) >= 11 is 0. The number of aromatic nitrogens is 3. The van der Waals surface area contributed by atoms with Gasteiger partial charge < -0.3 is 5.32 Å². The third-order valence-corrected chi connectivity index (χ3v) is 5.87. The molecule has 0 spiro atoms. The van der Waals surface area contributed by atoms with E-state index >= 15 is 0 Å². The molecule has 0 bridgehead atoms. The van der Waals surface area contributed by atoms with E-state index in [4.69, 9.17) is 9.97 Å². The van der Waals surface area contributed by atoms with Gasteiger partial charge in [0, 0.05) is 34.9 Å². The van der Waals surface area contributed by atoms with Crippen LogP contribution in [-0.4, -0.2) is 15.0 Å². The molecule has 2 heterocycles. The van der Waals surface area contributed by atoms with Crippen LogP contribution in [0.5, 0.6) is 0 Å². The number of hydrogen-bond acceptors (Lipinski definition) is 4. The molecule has 7 heteroatoms. The molecule has 0 fully saturated rings. The molecule has 0 radical (unpaired) electrons. The van der Waals surface area contributed by atoms with E-state index < -0.39 is 11.7 Å². The van der Waals surface area contributed by atoms with Crippen LogP contribution in [0.15, 0.2) is 48.8 Å². The number of nitrogens with one attached hydrogen (secondary N) is 1. The zero-order chi connectivity index (χ0) is 22.2. The maximum Gasteiger partial charge on any atom is 0.416 e. The van der Waals surface area contributed by atoms with Gasteiger partial charge >= 0.3 is 6.18 Å². The van der Waals surface area contributed by atoms with Crippen LogP contribution in [0.4, 0.5) is 24.7 Å². The zero-order valence-corrected chi connectivity index (χ0v) is 17.8. The van der Waals surface area contributed by atoms with E-state index in [-0.39, 0.29) is 5.41 Å². The van der Waals surface area contributed by atoms with Crippen molar-refractivity contribution >= 4 is 11.5 Å². The number of hydrogen-bond donors (Lipinski definition) is 1. The fourth-order valence-corrected chi connectivity index (χ4v) is 3.99. The Labute approximate surface area is 180 Å². The number of pyridine rings is 1. The number of anilines is 2. The highest BCUT2D eigenvalue weighted by atomic mass is 19.4. The first-order valence-electron chi connectivity index (χ1n) is 10.4. The van der Waals surface area contributed by atoms with Crippen LogP contribution in [0.25, 0.3) is 11.4 Å². The summed E-state index contributed by atoms with van der Waals surface area (Å²) in [6, 6.07) is 8.90. The molecule has 1 atom stereocenters. The van der Waals surface area contributed by atoms with Crippen molar-refractivity contribution in [1.82, 2.24) is 15.0 Å². The third kappa shape index (κ3) is 4.70. The Hall–Kier alpha value is -2.96. The number of alkyl halides is 3. The average molecular weight is 426 g/mol. The summed E-state index contributed by atoms with van der Waals surface area (Å²) in [7, 11) is 0. The molecule has 31 heavy (non-hydrogen) atoms. The summed E-state index contributed by atoms with van der Waals surface area (Å²) in [4.78, 5) is 13.6. The molecule has 0 amide bonds. The van der Waals surface area contributed by atoms with E-state index in [9.17, 15) is 13.2 Å². The molecule has 0 saturated carbocycles. The molecule has 0 unspecified atom stereocenters. The lowest BCUT2D eigenvalue weighted by atomic mass is 9.71. The van der Waals surface area contributed by atoms with Crippen LogP contribution in [0.2, 0.25) is 0 Å². The number of fused-ring (bicyclic) bond motifs is 1. The Morgan fingerprint density at radius 2 is 1.84 bits per heavy atom. The Balaban J connectivity index is 1.78. The van der Waals surface area contributed by atoms with Crippen LogP contribution >= 0.6 is 0 Å². The minimum atomic E-state index is -4.40. The Morgan fingerprint density at radius 1 is 1.03 bits per heavy atom. The van der Waals surface area contributed by atoms with Gasteiger partial charge in [0.25, 0.3) is 0 Å². The van der Waals surface area contributed by atoms with Crippen molar-refractivity contribution in [3.63, 3.8) is 0 Å². The Bertz CT molecular complexity index is 1070. The number of rotatable bonds is 3. The number of benzene rings is 1. The molecule has 4 nitrogen and oxygen atoms in total. The van der Waals surface area contributed by atoms with Crippen molar-refractivity contribution < 1.29 is 13.2 Å². The van der Waals surface area contributed by atoms with Crippen LogP contribution in [0.3, 0.4) is 0 Å². The fraction of sp³-hybridized carbons (Fsp3) is 0.375. The molecular weight excluding hydrogens is 401 g/mol. The van der Waals surface area contributed by atoms with Crippen LogP contribution in [0.1, 0.15) is 44.0 Å². The van der Waals surface area contributed by atoms with E-state index in [1.54, 1.807) is 18.5 Å². The van der Waals surface area contributed by atoms with Crippen molar-refractivity contribution in [1.29, 1.82) is 0 Å². The van der Waals surface area contributed by atoms with Crippen LogP contribution < -0.4 is 5.32 Å². The quantitative estimate of drug-likeness (QED) is 0.523. The van der Waals surface area contributed by atoms with Gasteiger partial charge in [-0.1, -0.05) is 26.8 Å². The van der Waals surface area contributed by atoms with E-state index in [0.717, 1.165) is 48.2 Å². The van der Waals surface area contributed by atoms with Gasteiger partial charge in [-0.2, -0.15) is 13.2 Å². The topological polar surface area (TPSA) is 50.7 Å². The van der Waals surface area contributed by atoms with Gasteiger partial charge in [0.15, 0.2) is 5.82 Å². The number of aryl methyl sites for hydroxylation is 1. The Morgan fingerprint density at radius 3 is 2.52 bits per heavy atom. The van der Waals surface area contributed by atoms with Gasteiger partial charge in [-0.25, -0.2) is 9.97 Å². The first-order chi connectivity index (χ1) is 14.6. The summed E-state index contributed by atoms with van der Waals surface area (Å²) in [6.07, 6.45) is 1.58. The lowest BCUT2D eigenvalue weighted by Crippen LogP contribution is -2.28. The average Bonchev–Trinajstić information content (AvgIpc) is 2.73. The monoisotopic (exact) mass is 426 g/mol. The molecule has 0 aliphatic heterocycles. The molecule has 1 N–H and O–H groups in total. The zero-order valence-electron chi connectivity index (χ0n) is 17.8. The second kappa shape index (κ2) is 7.94. The number of halogens is 3. The fourth-order valence-electron chi connectivity index (χ4n) is 3.99. The van der Waals surface area contributed by atoms with Crippen molar-refractivity contribution in [3.8, 4) is 11.4 Å². The largest absolute Gasteiger partial charge is 0.416 e. The second-order valence-corrected chi connectivity index (χ2v) is 9.07. The second-order valence-electron chi connectivity index (χ2n) is 9.07. The van der Waals surface area contributed by atoms with E-state index in [1.165, 1.54) is 6.07 Å².